The molecule has 0 aliphatic heterocycles. The van der Waals surface area contributed by atoms with Crippen LogP contribution in [0.3, 0.4) is 0 Å². The predicted octanol–water partition coefficient (Wildman–Crippen LogP) is 6.47. The van der Waals surface area contributed by atoms with Crippen molar-refractivity contribution in [3.63, 3.8) is 0 Å². The molecule has 4 aromatic rings. The van der Waals surface area contributed by atoms with E-state index < -0.39 is 0 Å². The van der Waals surface area contributed by atoms with E-state index in [1.165, 1.54) is 0 Å². The summed E-state index contributed by atoms with van der Waals surface area (Å²) >= 11 is 3.55. The maximum atomic E-state index is 6.33. The monoisotopic (exact) mass is 467 g/mol. The minimum atomic E-state index is 0.445. The quantitative estimate of drug-likeness (QED) is 0.265. The first-order valence-electron chi connectivity index (χ1n) is 10.0. The Morgan fingerprint density at radius 3 is 2.00 bits per heavy atom. The van der Waals surface area contributed by atoms with Crippen LogP contribution in [0.15, 0.2) is 124 Å². The van der Waals surface area contributed by atoms with E-state index in [2.05, 4.69) is 52.3 Å². The highest BCUT2D eigenvalue weighted by atomic mass is 79.9. The van der Waals surface area contributed by atoms with Crippen molar-refractivity contribution >= 4 is 27.6 Å². The highest BCUT2D eigenvalue weighted by molar-refractivity contribution is 9.10. The third-order valence-electron chi connectivity index (χ3n) is 4.83. The molecule has 4 rings (SSSR count). The highest BCUT2D eigenvalue weighted by Crippen LogP contribution is 2.24. The molecule has 0 amide bonds. The lowest BCUT2D eigenvalue weighted by atomic mass is 10.0. The third kappa shape index (κ3) is 5.56. The Balaban J connectivity index is 1.74. The number of amidine groups is 2. The van der Waals surface area contributed by atoms with Crippen LogP contribution in [0, 0.1) is 0 Å². The molecule has 4 heteroatoms. The second kappa shape index (κ2) is 10.0. The van der Waals surface area contributed by atoms with Gasteiger partial charge in [-0.25, -0.2) is 4.99 Å². The zero-order valence-corrected chi connectivity index (χ0v) is 18.5. The fourth-order valence-corrected chi connectivity index (χ4v) is 3.63. The summed E-state index contributed by atoms with van der Waals surface area (Å²) in [6.07, 6.45) is 0. The Bertz CT molecular complexity index is 1220. The molecule has 31 heavy (non-hydrogen) atoms. The zero-order chi connectivity index (χ0) is 21.5. The first-order chi connectivity index (χ1) is 15.2. The van der Waals surface area contributed by atoms with Crippen molar-refractivity contribution in [2.75, 3.05) is 0 Å². The van der Waals surface area contributed by atoms with E-state index in [1.807, 2.05) is 72.8 Å². The lowest BCUT2D eigenvalue weighted by Crippen LogP contribution is -2.16. The summed E-state index contributed by atoms with van der Waals surface area (Å²) in [6.45, 7) is 0.531. The molecule has 2 N–H and O–H groups in total. The van der Waals surface area contributed by atoms with Crippen molar-refractivity contribution in [3.05, 3.63) is 130 Å². The number of nitrogens with two attached hydrogens (primary N) is 1. The van der Waals surface area contributed by atoms with E-state index in [9.17, 15) is 0 Å². The molecule has 0 aromatic heterocycles. The largest absolute Gasteiger partial charge is 0.383 e. The topological polar surface area (TPSA) is 50.7 Å². The second-order valence-corrected chi connectivity index (χ2v) is 8.00. The highest BCUT2D eigenvalue weighted by Gasteiger charge is 2.08. The number of aliphatic imine (C=N–C) groups is 2. The first kappa shape index (κ1) is 20.8. The van der Waals surface area contributed by atoms with Gasteiger partial charge in [0, 0.05) is 15.6 Å². The van der Waals surface area contributed by atoms with Gasteiger partial charge in [-0.1, -0.05) is 107 Å². The molecule has 0 aliphatic rings. The minimum Gasteiger partial charge on any atom is -0.383 e. The molecule has 3 nitrogen and oxygen atoms in total. The van der Waals surface area contributed by atoms with Gasteiger partial charge in [-0.3, -0.25) is 4.99 Å². The summed E-state index contributed by atoms with van der Waals surface area (Å²) in [4.78, 5) is 9.54. The van der Waals surface area contributed by atoms with Gasteiger partial charge in [-0.05, 0) is 34.9 Å². The number of rotatable bonds is 5. The summed E-state index contributed by atoms with van der Waals surface area (Å²) in [5.41, 5.74) is 11.5. The van der Waals surface area contributed by atoms with E-state index in [0.29, 0.717) is 18.2 Å². The van der Waals surface area contributed by atoms with E-state index in [4.69, 9.17) is 15.7 Å². The number of nitrogens with zero attached hydrogens (tertiary/aromatic N) is 2. The van der Waals surface area contributed by atoms with Crippen LogP contribution >= 0.6 is 15.9 Å². The van der Waals surface area contributed by atoms with E-state index in [0.717, 1.165) is 32.3 Å². The molecular weight excluding hydrogens is 446 g/mol. The number of hydrogen-bond donors (Lipinski definition) is 1. The van der Waals surface area contributed by atoms with Gasteiger partial charge in [-0.15, -0.1) is 0 Å². The number of benzene rings is 4. The van der Waals surface area contributed by atoms with Gasteiger partial charge in [0.1, 0.15) is 5.84 Å². The van der Waals surface area contributed by atoms with Crippen LogP contribution in [0.2, 0.25) is 0 Å². The van der Waals surface area contributed by atoms with Crippen molar-refractivity contribution in [1.29, 1.82) is 0 Å². The van der Waals surface area contributed by atoms with E-state index in [-0.39, 0.29) is 0 Å². The van der Waals surface area contributed by atoms with Gasteiger partial charge in [0.15, 0.2) is 5.84 Å². The van der Waals surface area contributed by atoms with Gasteiger partial charge >= 0.3 is 0 Å². The van der Waals surface area contributed by atoms with Gasteiger partial charge in [-0.2, -0.15) is 0 Å². The zero-order valence-electron chi connectivity index (χ0n) is 16.9. The smallest absolute Gasteiger partial charge is 0.157 e. The average Bonchev–Trinajstić information content (AvgIpc) is 2.83. The maximum absolute atomic E-state index is 6.33. The van der Waals surface area contributed by atoms with Crippen LogP contribution in [-0.4, -0.2) is 11.7 Å². The van der Waals surface area contributed by atoms with Crippen LogP contribution in [-0.2, 0) is 6.54 Å². The van der Waals surface area contributed by atoms with Crippen LogP contribution in [0.1, 0.15) is 16.7 Å². The lowest BCUT2D eigenvalue weighted by molar-refractivity contribution is 1.06. The van der Waals surface area contributed by atoms with Crippen molar-refractivity contribution in [3.8, 4) is 11.1 Å². The summed E-state index contributed by atoms with van der Waals surface area (Å²) in [7, 11) is 0. The van der Waals surface area contributed by atoms with E-state index >= 15 is 0 Å². The standard InChI is InChI=1S/C27H22BrN3/c28-25-16-8-14-23(18-25)22-13-7-15-24(17-22)27(30-19-20-9-3-1-4-10-20)31-26(29)21-11-5-2-6-12-21/h1-18H,19H2,(H2,29,30,31). The SMILES string of the molecule is NC(=NC(=NCc1ccccc1)c1cccc(-c2cccc(Br)c2)c1)c1ccccc1. The molecule has 0 spiro atoms. The van der Waals surface area contributed by atoms with Crippen LogP contribution in [0.4, 0.5) is 0 Å². The normalized spacial score (nSPS) is 12.0. The van der Waals surface area contributed by atoms with Crippen LogP contribution in [0.5, 0.6) is 0 Å². The Kier molecular flexibility index (Phi) is 6.70. The molecule has 0 saturated carbocycles. The summed E-state index contributed by atoms with van der Waals surface area (Å²) in [5.74, 6) is 1.06. The third-order valence-corrected chi connectivity index (χ3v) is 5.32. The molecule has 0 atom stereocenters. The van der Waals surface area contributed by atoms with Crippen molar-refractivity contribution < 1.29 is 0 Å². The summed E-state index contributed by atoms with van der Waals surface area (Å²) < 4.78 is 1.04. The molecular formula is C27H22BrN3. The molecule has 0 bridgehead atoms. The molecule has 0 aliphatic carbocycles. The first-order valence-corrected chi connectivity index (χ1v) is 10.8. The van der Waals surface area contributed by atoms with Gasteiger partial charge in [0.25, 0.3) is 0 Å². The molecule has 152 valence electrons. The molecule has 0 heterocycles. The van der Waals surface area contributed by atoms with Crippen LogP contribution < -0.4 is 5.73 Å². The minimum absolute atomic E-state index is 0.445. The van der Waals surface area contributed by atoms with Crippen molar-refractivity contribution in [2.45, 2.75) is 6.54 Å². The second-order valence-electron chi connectivity index (χ2n) is 7.08. The van der Waals surface area contributed by atoms with Crippen molar-refractivity contribution in [1.82, 2.24) is 0 Å². The number of hydrogen-bond acceptors (Lipinski definition) is 1. The lowest BCUT2D eigenvalue weighted by Gasteiger charge is -2.08. The fraction of sp³-hybridized carbons (Fsp3) is 0.0370. The Morgan fingerprint density at radius 2 is 1.29 bits per heavy atom. The fourth-order valence-electron chi connectivity index (χ4n) is 3.23. The Labute approximate surface area is 191 Å². The molecule has 0 fully saturated rings. The Morgan fingerprint density at radius 1 is 0.677 bits per heavy atom. The molecule has 0 saturated heterocycles. The summed E-state index contributed by atoms with van der Waals surface area (Å²) in [6, 6.07) is 36.4. The summed E-state index contributed by atoms with van der Waals surface area (Å²) in [5, 5.41) is 0. The van der Waals surface area contributed by atoms with E-state index in [1.54, 1.807) is 0 Å². The molecule has 4 aromatic carbocycles. The molecule has 0 radical (unpaired) electrons. The Hall–Kier alpha value is -3.50. The predicted molar refractivity (Wildman–Crippen MR) is 133 cm³/mol. The van der Waals surface area contributed by atoms with Gasteiger partial charge in [0.05, 0.1) is 6.54 Å². The van der Waals surface area contributed by atoms with Gasteiger partial charge < -0.3 is 5.73 Å². The van der Waals surface area contributed by atoms with Gasteiger partial charge in [0.2, 0.25) is 0 Å². The maximum Gasteiger partial charge on any atom is 0.157 e. The van der Waals surface area contributed by atoms with Crippen molar-refractivity contribution in [2.24, 2.45) is 15.7 Å². The van der Waals surface area contributed by atoms with Crippen LogP contribution in [0.25, 0.3) is 11.1 Å². The average molecular weight is 468 g/mol. The number of halogens is 1. The molecule has 0 unspecified atom stereocenters.